The maximum absolute atomic E-state index is 11.5. The van der Waals surface area contributed by atoms with Crippen LogP contribution in [-0.4, -0.2) is 31.2 Å². The van der Waals surface area contributed by atoms with E-state index in [0.717, 1.165) is 29.2 Å². The smallest absolute Gasteiger partial charge is 0.348 e. The molecule has 3 heterocycles. The number of aromatic nitrogens is 1. The normalized spacial score (nSPS) is 13.5. The minimum absolute atomic E-state index is 0.286. The number of hydrogen-bond acceptors (Lipinski definition) is 6. The Kier molecular flexibility index (Phi) is 3.79. The SMILES string of the molecule is COC(=O)c1ccc(CN2CCOc3ncc(C)cc32)s1. The number of carbonyl (C=O) groups excluding carboxylic acids is 1. The number of esters is 1. The summed E-state index contributed by atoms with van der Waals surface area (Å²) in [6.45, 7) is 4.19. The van der Waals surface area contributed by atoms with Crippen molar-refractivity contribution < 1.29 is 14.3 Å². The third-order valence-electron chi connectivity index (χ3n) is 3.30. The number of anilines is 1. The Morgan fingerprint density at radius 3 is 3.19 bits per heavy atom. The molecule has 0 fully saturated rings. The first-order valence-corrected chi connectivity index (χ1v) is 7.50. The summed E-state index contributed by atoms with van der Waals surface area (Å²) in [5, 5.41) is 0. The van der Waals surface area contributed by atoms with Crippen molar-refractivity contribution in [2.45, 2.75) is 13.5 Å². The molecule has 0 unspecified atom stereocenters. The topological polar surface area (TPSA) is 51.7 Å². The number of thiophene rings is 1. The lowest BCUT2D eigenvalue weighted by Crippen LogP contribution is -2.32. The van der Waals surface area contributed by atoms with Crippen molar-refractivity contribution in [1.82, 2.24) is 4.98 Å². The van der Waals surface area contributed by atoms with E-state index in [1.807, 2.05) is 25.3 Å². The van der Waals surface area contributed by atoms with Crippen molar-refractivity contribution in [1.29, 1.82) is 0 Å². The summed E-state index contributed by atoms with van der Waals surface area (Å²) in [4.78, 5) is 19.8. The molecule has 21 heavy (non-hydrogen) atoms. The zero-order chi connectivity index (χ0) is 14.8. The summed E-state index contributed by atoms with van der Waals surface area (Å²) >= 11 is 1.46. The number of carbonyl (C=O) groups is 1. The lowest BCUT2D eigenvalue weighted by molar-refractivity contribution is 0.0606. The lowest BCUT2D eigenvalue weighted by Gasteiger charge is -2.30. The van der Waals surface area contributed by atoms with E-state index in [1.54, 1.807) is 0 Å². The highest BCUT2D eigenvalue weighted by molar-refractivity contribution is 7.13. The Morgan fingerprint density at radius 2 is 2.38 bits per heavy atom. The summed E-state index contributed by atoms with van der Waals surface area (Å²) in [5.74, 6) is 0.391. The average Bonchev–Trinajstić information content (AvgIpc) is 2.95. The van der Waals surface area contributed by atoms with Crippen LogP contribution in [0.2, 0.25) is 0 Å². The number of ether oxygens (including phenoxy) is 2. The van der Waals surface area contributed by atoms with E-state index in [1.165, 1.54) is 18.4 Å². The van der Waals surface area contributed by atoms with Gasteiger partial charge in [0.2, 0.25) is 5.88 Å². The van der Waals surface area contributed by atoms with Gasteiger partial charge >= 0.3 is 5.97 Å². The molecular weight excluding hydrogens is 288 g/mol. The highest BCUT2D eigenvalue weighted by Crippen LogP contribution is 2.32. The third-order valence-corrected chi connectivity index (χ3v) is 4.35. The first kappa shape index (κ1) is 13.9. The number of hydrogen-bond donors (Lipinski definition) is 0. The van der Waals surface area contributed by atoms with Crippen LogP contribution in [0.3, 0.4) is 0 Å². The summed E-state index contributed by atoms with van der Waals surface area (Å²) in [7, 11) is 1.40. The van der Waals surface area contributed by atoms with E-state index in [4.69, 9.17) is 9.47 Å². The molecule has 0 radical (unpaired) electrons. The fourth-order valence-electron chi connectivity index (χ4n) is 2.28. The molecule has 0 saturated heterocycles. The van der Waals surface area contributed by atoms with Crippen molar-refractivity contribution in [3.05, 3.63) is 39.7 Å². The van der Waals surface area contributed by atoms with Crippen LogP contribution in [0.5, 0.6) is 5.88 Å². The second kappa shape index (κ2) is 5.73. The molecule has 2 aromatic heterocycles. The van der Waals surface area contributed by atoms with Gasteiger partial charge in [-0.1, -0.05) is 0 Å². The van der Waals surface area contributed by atoms with Gasteiger partial charge < -0.3 is 14.4 Å². The molecule has 5 nitrogen and oxygen atoms in total. The Labute approximate surface area is 127 Å². The van der Waals surface area contributed by atoms with E-state index in [9.17, 15) is 4.79 Å². The van der Waals surface area contributed by atoms with Crippen molar-refractivity contribution in [2.75, 3.05) is 25.2 Å². The quantitative estimate of drug-likeness (QED) is 0.816. The fraction of sp³-hybridized carbons (Fsp3) is 0.333. The zero-order valence-electron chi connectivity index (χ0n) is 12.0. The fourth-order valence-corrected chi connectivity index (χ4v) is 3.22. The van der Waals surface area contributed by atoms with Crippen molar-refractivity contribution in [3.63, 3.8) is 0 Å². The molecule has 1 aliphatic heterocycles. The van der Waals surface area contributed by atoms with Crippen molar-refractivity contribution in [2.24, 2.45) is 0 Å². The monoisotopic (exact) mass is 304 g/mol. The Morgan fingerprint density at radius 1 is 1.52 bits per heavy atom. The number of pyridine rings is 1. The van der Waals surface area contributed by atoms with E-state index in [2.05, 4.69) is 16.0 Å². The number of fused-ring (bicyclic) bond motifs is 1. The van der Waals surface area contributed by atoms with Gasteiger partial charge in [-0.2, -0.15) is 0 Å². The van der Waals surface area contributed by atoms with Gasteiger partial charge in [-0.25, -0.2) is 9.78 Å². The van der Waals surface area contributed by atoms with E-state index < -0.39 is 0 Å². The van der Waals surface area contributed by atoms with Gasteiger partial charge in [0.1, 0.15) is 17.2 Å². The molecule has 0 amide bonds. The molecule has 0 N–H and O–H groups in total. The largest absolute Gasteiger partial charge is 0.474 e. The molecule has 0 atom stereocenters. The molecule has 0 saturated carbocycles. The molecular formula is C15H16N2O3S. The summed E-state index contributed by atoms with van der Waals surface area (Å²) in [6.07, 6.45) is 1.81. The first-order valence-electron chi connectivity index (χ1n) is 6.69. The van der Waals surface area contributed by atoms with Crippen LogP contribution in [0.15, 0.2) is 24.4 Å². The standard InChI is InChI=1S/C15H16N2O3S/c1-10-7-12-14(16-8-10)20-6-5-17(12)9-11-3-4-13(21-11)15(18)19-2/h3-4,7-8H,5-6,9H2,1-2H3. The third kappa shape index (κ3) is 2.85. The van der Waals surface area contributed by atoms with E-state index >= 15 is 0 Å². The summed E-state index contributed by atoms with van der Waals surface area (Å²) < 4.78 is 10.3. The molecule has 0 aromatic carbocycles. The van der Waals surface area contributed by atoms with Gasteiger partial charge in [0.15, 0.2) is 0 Å². The van der Waals surface area contributed by atoms with Gasteiger partial charge in [-0.05, 0) is 30.7 Å². The van der Waals surface area contributed by atoms with Gasteiger partial charge in [0.25, 0.3) is 0 Å². The minimum Gasteiger partial charge on any atom is -0.474 e. The van der Waals surface area contributed by atoms with Crippen LogP contribution in [0.1, 0.15) is 20.1 Å². The molecule has 6 heteroatoms. The number of methoxy groups -OCH3 is 1. The molecule has 110 valence electrons. The molecule has 0 spiro atoms. The van der Waals surface area contributed by atoms with Crippen LogP contribution >= 0.6 is 11.3 Å². The van der Waals surface area contributed by atoms with Gasteiger partial charge in [-0.3, -0.25) is 0 Å². The maximum atomic E-state index is 11.5. The molecule has 3 rings (SSSR count). The second-order valence-electron chi connectivity index (χ2n) is 4.86. The minimum atomic E-state index is -0.286. The number of aryl methyl sites for hydroxylation is 1. The van der Waals surface area contributed by atoms with Crippen LogP contribution in [0.25, 0.3) is 0 Å². The predicted octanol–water partition coefficient (Wildman–Crippen LogP) is 2.64. The molecule has 2 aromatic rings. The summed E-state index contributed by atoms with van der Waals surface area (Å²) in [6, 6.07) is 5.85. The molecule has 0 bridgehead atoms. The second-order valence-corrected chi connectivity index (χ2v) is 6.03. The van der Waals surface area contributed by atoms with Crippen molar-refractivity contribution >= 4 is 23.0 Å². The van der Waals surface area contributed by atoms with Crippen LogP contribution < -0.4 is 9.64 Å². The Bertz CT molecular complexity index is 669. The molecule has 0 aliphatic carbocycles. The van der Waals surface area contributed by atoms with Crippen molar-refractivity contribution in [3.8, 4) is 5.88 Å². The van der Waals surface area contributed by atoms with E-state index in [0.29, 0.717) is 17.4 Å². The highest BCUT2D eigenvalue weighted by Gasteiger charge is 2.20. The summed E-state index contributed by atoms with van der Waals surface area (Å²) in [5.41, 5.74) is 2.11. The maximum Gasteiger partial charge on any atom is 0.348 e. The Balaban J connectivity index is 1.82. The van der Waals surface area contributed by atoms with E-state index in [-0.39, 0.29) is 5.97 Å². The van der Waals surface area contributed by atoms with Crippen LogP contribution in [0.4, 0.5) is 5.69 Å². The van der Waals surface area contributed by atoms with Gasteiger partial charge in [0.05, 0.1) is 20.2 Å². The van der Waals surface area contributed by atoms with Gasteiger partial charge in [0, 0.05) is 11.1 Å². The number of nitrogens with zero attached hydrogens (tertiary/aromatic N) is 2. The highest BCUT2D eigenvalue weighted by atomic mass is 32.1. The lowest BCUT2D eigenvalue weighted by atomic mass is 10.2. The van der Waals surface area contributed by atoms with Crippen LogP contribution in [0, 0.1) is 6.92 Å². The average molecular weight is 304 g/mol. The molecule has 1 aliphatic rings. The number of rotatable bonds is 3. The predicted molar refractivity (Wildman–Crippen MR) is 81.2 cm³/mol. The zero-order valence-corrected chi connectivity index (χ0v) is 12.8. The van der Waals surface area contributed by atoms with Gasteiger partial charge in [-0.15, -0.1) is 11.3 Å². The van der Waals surface area contributed by atoms with Crippen LogP contribution in [-0.2, 0) is 11.3 Å². The Hall–Kier alpha value is -2.08. The first-order chi connectivity index (χ1) is 10.2.